The highest BCUT2D eigenvalue weighted by atomic mass is 16.5. The van der Waals surface area contributed by atoms with Crippen molar-refractivity contribution in [1.29, 1.82) is 0 Å². The standard InChI is InChI=1S/C20H30N4O3/c1-14(21)19(25)23-10-15-9-17(13-23)18-4-3-16(20(26)24(18)11-15)12-22-5-2-7-27-8-6-22/h3-4,14-15,17H,2,5-13,21H2,1H3/t14-,15+,17-/m1/s1. The van der Waals surface area contributed by atoms with E-state index >= 15 is 0 Å². The molecule has 4 heterocycles. The summed E-state index contributed by atoms with van der Waals surface area (Å²) >= 11 is 0. The van der Waals surface area contributed by atoms with Crippen LogP contribution in [0.5, 0.6) is 0 Å². The molecule has 2 N–H and O–H groups in total. The minimum Gasteiger partial charge on any atom is -0.380 e. The van der Waals surface area contributed by atoms with Gasteiger partial charge in [0.1, 0.15) is 0 Å². The Morgan fingerprint density at radius 3 is 2.93 bits per heavy atom. The lowest BCUT2D eigenvalue weighted by molar-refractivity contribution is -0.134. The summed E-state index contributed by atoms with van der Waals surface area (Å²) in [5.41, 5.74) is 7.87. The summed E-state index contributed by atoms with van der Waals surface area (Å²) in [5, 5.41) is 0. The number of carbonyl (C=O) groups excluding carboxylic acids is 1. The molecule has 7 heteroatoms. The molecule has 27 heavy (non-hydrogen) atoms. The number of nitrogens with zero attached hydrogens (tertiary/aromatic N) is 3. The second kappa shape index (κ2) is 7.73. The number of piperidine rings is 1. The van der Waals surface area contributed by atoms with Crippen LogP contribution < -0.4 is 11.3 Å². The normalized spacial score (nSPS) is 27.0. The molecule has 1 amide bonds. The lowest BCUT2D eigenvalue weighted by Crippen LogP contribution is -2.52. The van der Waals surface area contributed by atoms with Gasteiger partial charge in [-0.25, -0.2) is 0 Å². The Bertz CT molecular complexity index is 752. The summed E-state index contributed by atoms with van der Waals surface area (Å²) in [6.45, 7) is 7.89. The maximum absolute atomic E-state index is 13.1. The van der Waals surface area contributed by atoms with E-state index in [1.807, 2.05) is 15.5 Å². The second-order valence-electron chi connectivity index (χ2n) is 8.27. The average Bonchev–Trinajstić information content (AvgIpc) is 2.92. The number of fused-ring (bicyclic) bond motifs is 4. The van der Waals surface area contributed by atoms with E-state index in [4.69, 9.17) is 10.5 Å². The molecule has 3 aliphatic heterocycles. The molecule has 0 spiro atoms. The monoisotopic (exact) mass is 374 g/mol. The van der Waals surface area contributed by atoms with Crippen LogP contribution in [-0.2, 0) is 22.6 Å². The maximum Gasteiger partial charge on any atom is 0.255 e. The van der Waals surface area contributed by atoms with Gasteiger partial charge in [-0.15, -0.1) is 0 Å². The van der Waals surface area contributed by atoms with E-state index in [1.54, 1.807) is 6.92 Å². The first-order valence-electron chi connectivity index (χ1n) is 10.1. The number of hydrogen-bond donors (Lipinski definition) is 1. The fourth-order valence-corrected chi connectivity index (χ4v) is 4.78. The summed E-state index contributed by atoms with van der Waals surface area (Å²) in [6.07, 6.45) is 2.06. The fraction of sp³-hybridized carbons (Fsp3) is 0.700. The Morgan fingerprint density at radius 2 is 2.11 bits per heavy atom. The summed E-state index contributed by atoms with van der Waals surface area (Å²) in [5.74, 6) is 0.576. The van der Waals surface area contributed by atoms with Gasteiger partial charge in [0.25, 0.3) is 5.56 Å². The van der Waals surface area contributed by atoms with Gasteiger partial charge in [0.15, 0.2) is 0 Å². The highest BCUT2D eigenvalue weighted by molar-refractivity contribution is 5.81. The third-order valence-corrected chi connectivity index (χ3v) is 6.09. The lowest BCUT2D eigenvalue weighted by atomic mass is 9.82. The molecule has 0 saturated carbocycles. The molecular formula is C20H30N4O3. The molecule has 148 valence electrons. The van der Waals surface area contributed by atoms with Crippen LogP contribution in [0.4, 0.5) is 0 Å². The lowest BCUT2D eigenvalue weighted by Gasteiger charge is -2.43. The van der Waals surface area contributed by atoms with Crippen LogP contribution in [0.25, 0.3) is 0 Å². The van der Waals surface area contributed by atoms with Crippen molar-refractivity contribution in [3.05, 3.63) is 33.7 Å². The Labute approximate surface area is 160 Å². The number of nitrogens with two attached hydrogens (primary N) is 1. The van der Waals surface area contributed by atoms with Crippen molar-refractivity contribution in [2.75, 3.05) is 39.4 Å². The summed E-state index contributed by atoms with van der Waals surface area (Å²) in [6, 6.07) is 3.63. The largest absolute Gasteiger partial charge is 0.380 e. The molecule has 2 fully saturated rings. The van der Waals surface area contributed by atoms with Gasteiger partial charge in [0.05, 0.1) is 12.6 Å². The average molecular weight is 374 g/mol. The summed E-state index contributed by atoms with van der Waals surface area (Å²) in [7, 11) is 0. The molecule has 4 rings (SSSR count). The van der Waals surface area contributed by atoms with Crippen molar-refractivity contribution in [1.82, 2.24) is 14.4 Å². The molecule has 2 saturated heterocycles. The van der Waals surface area contributed by atoms with Crippen LogP contribution in [-0.4, -0.2) is 65.7 Å². The minimum absolute atomic E-state index is 0.0144. The van der Waals surface area contributed by atoms with Crippen LogP contribution in [0, 0.1) is 5.92 Å². The SMILES string of the molecule is C[C@@H](N)C(=O)N1C[C@@H]2C[C@H](C1)c1ccc(CN3CCCOCC3)c(=O)n1C2. The first-order valence-corrected chi connectivity index (χ1v) is 10.1. The van der Waals surface area contributed by atoms with E-state index in [1.165, 1.54) is 0 Å². The Hall–Kier alpha value is -1.70. The molecular weight excluding hydrogens is 344 g/mol. The van der Waals surface area contributed by atoms with E-state index in [9.17, 15) is 9.59 Å². The molecule has 3 atom stereocenters. The predicted molar refractivity (Wildman–Crippen MR) is 102 cm³/mol. The first-order chi connectivity index (χ1) is 13.0. The van der Waals surface area contributed by atoms with Crippen LogP contribution >= 0.6 is 0 Å². The van der Waals surface area contributed by atoms with E-state index in [0.29, 0.717) is 32.1 Å². The maximum atomic E-state index is 13.1. The molecule has 1 aromatic rings. The number of rotatable bonds is 3. The number of amides is 1. The molecule has 3 aliphatic rings. The quantitative estimate of drug-likeness (QED) is 0.826. The number of ether oxygens (including phenoxy) is 1. The minimum atomic E-state index is -0.467. The van der Waals surface area contributed by atoms with Crippen LogP contribution in [0.2, 0.25) is 0 Å². The van der Waals surface area contributed by atoms with E-state index in [-0.39, 0.29) is 17.4 Å². The van der Waals surface area contributed by atoms with Gasteiger partial charge in [0.2, 0.25) is 5.91 Å². The fourth-order valence-electron chi connectivity index (χ4n) is 4.78. The molecule has 7 nitrogen and oxygen atoms in total. The third-order valence-electron chi connectivity index (χ3n) is 6.09. The molecule has 0 unspecified atom stereocenters. The highest BCUT2D eigenvalue weighted by Gasteiger charge is 2.37. The van der Waals surface area contributed by atoms with Crippen molar-refractivity contribution in [3.63, 3.8) is 0 Å². The zero-order valence-corrected chi connectivity index (χ0v) is 16.1. The van der Waals surface area contributed by atoms with Crippen molar-refractivity contribution in [3.8, 4) is 0 Å². The number of hydrogen-bond acceptors (Lipinski definition) is 5. The van der Waals surface area contributed by atoms with Gasteiger partial charge in [-0.1, -0.05) is 6.07 Å². The zero-order chi connectivity index (χ0) is 19.0. The van der Waals surface area contributed by atoms with Crippen molar-refractivity contribution >= 4 is 5.91 Å². The van der Waals surface area contributed by atoms with Gasteiger partial charge < -0.3 is 19.9 Å². The highest BCUT2D eigenvalue weighted by Crippen LogP contribution is 2.35. The van der Waals surface area contributed by atoms with Crippen molar-refractivity contribution in [2.45, 2.75) is 44.8 Å². The van der Waals surface area contributed by atoms with E-state index in [2.05, 4.69) is 11.0 Å². The van der Waals surface area contributed by atoms with Crippen LogP contribution in [0.3, 0.4) is 0 Å². The third kappa shape index (κ3) is 3.81. The second-order valence-corrected chi connectivity index (χ2v) is 8.27. The topological polar surface area (TPSA) is 80.8 Å². The zero-order valence-electron chi connectivity index (χ0n) is 16.1. The van der Waals surface area contributed by atoms with Crippen LogP contribution in [0.15, 0.2) is 16.9 Å². The van der Waals surface area contributed by atoms with Crippen molar-refractivity contribution < 1.29 is 9.53 Å². The van der Waals surface area contributed by atoms with E-state index < -0.39 is 6.04 Å². The van der Waals surface area contributed by atoms with Crippen LogP contribution in [0.1, 0.15) is 36.9 Å². The summed E-state index contributed by atoms with van der Waals surface area (Å²) < 4.78 is 7.48. The molecule has 0 aromatic carbocycles. The number of likely N-dealkylation sites (tertiary alicyclic amines) is 1. The number of carbonyl (C=O) groups is 1. The molecule has 0 radical (unpaired) electrons. The molecule has 1 aromatic heterocycles. The van der Waals surface area contributed by atoms with Gasteiger partial charge in [0, 0.05) is 63.1 Å². The number of pyridine rings is 1. The van der Waals surface area contributed by atoms with Crippen molar-refractivity contribution in [2.24, 2.45) is 11.7 Å². The Balaban J connectivity index is 1.55. The van der Waals surface area contributed by atoms with Gasteiger partial charge in [-0.05, 0) is 31.7 Å². The Morgan fingerprint density at radius 1 is 1.26 bits per heavy atom. The van der Waals surface area contributed by atoms with Gasteiger partial charge in [-0.2, -0.15) is 0 Å². The predicted octanol–water partition coefficient (Wildman–Crippen LogP) is 0.364. The first kappa shape index (κ1) is 18.7. The van der Waals surface area contributed by atoms with Gasteiger partial charge in [-0.3, -0.25) is 14.5 Å². The smallest absolute Gasteiger partial charge is 0.255 e. The van der Waals surface area contributed by atoms with Gasteiger partial charge >= 0.3 is 0 Å². The van der Waals surface area contributed by atoms with E-state index in [0.717, 1.165) is 50.4 Å². The Kier molecular flexibility index (Phi) is 5.34. The number of aromatic nitrogens is 1. The summed E-state index contributed by atoms with van der Waals surface area (Å²) in [4.78, 5) is 29.7. The molecule has 0 aliphatic carbocycles. The molecule has 2 bridgehead atoms.